The number of hydrogen-bond donors (Lipinski definition) is 1. The fraction of sp³-hybridized carbons (Fsp3) is 0.417. The summed E-state index contributed by atoms with van der Waals surface area (Å²) in [4.78, 5) is 27.9. The fourth-order valence-electron chi connectivity index (χ4n) is 4.07. The molecule has 0 aliphatic carbocycles. The van der Waals surface area contributed by atoms with Crippen molar-refractivity contribution in [3.63, 3.8) is 0 Å². The third-order valence-electron chi connectivity index (χ3n) is 5.68. The molecule has 0 bridgehead atoms. The number of nitrogens with one attached hydrogen (secondary N) is 1. The molecule has 0 aromatic heterocycles. The standard InChI is InChI=1S/C24H29ClN2O5/c1-5-9-26-23(28)19-14-27(24(29)15-7-6-8-17(25)10-15)13-18(19)16-11-20(30-2)22(32-4)21(12-16)31-3/h6-8,10-12,18-19H,5,9,13-14H2,1-4H3,(H,26,28)/t18-,19-/m0/s1. The number of halogens is 1. The Morgan fingerprint density at radius 2 is 1.75 bits per heavy atom. The Bertz CT molecular complexity index is 956. The van der Waals surface area contributed by atoms with Gasteiger partial charge in [-0.3, -0.25) is 9.59 Å². The second-order valence-corrected chi connectivity index (χ2v) is 8.12. The lowest BCUT2D eigenvalue weighted by atomic mass is 9.88. The van der Waals surface area contributed by atoms with Crippen LogP contribution >= 0.6 is 11.6 Å². The number of nitrogens with zero attached hydrogens (tertiary/aromatic N) is 1. The van der Waals surface area contributed by atoms with E-state index in [-0.39, 0.29) is 17.7 Å². The minimum Gasteiger partial charge on any atom is -0.493 e. The normalized spacial score (nSPS) is 17.7. The molecule has 1 saturated heterocycles. The molecule has 172 valence electrons. The van der Waals surface area contributed by atoms with Crippen molar-refractivity contribution in [2.24, 2.45) is 5.92 Å². The highest BCUT2D eigenvalue weighted by Gasteiger charge is 2.41. The zero-order valence-electron chi connectivity index (χ0n) is 18.8. The van der Waals surface area contributed by atoms with Gasteiger partial charge in [-0.1, -0.05) is 24.6 Å². The Hall–Kier alpha value is -2.93. The van der Waals surface area contributed by atoms with Crippen LogP contribution in [0.25, 0.3) is 0 Å². The van der Waals surface area contributed by atoms with Crippen molar-refractivity contribution in [2.75, 3.05) is 41.0 Å². The highest BCUT2D eigenvalue weighted by molar-refractivity contribution is 6.30. The van der Waals surface area contributed by atoms with Gasteiger partial charge in [-0.25, -0.2) is 0 Å². The van der Waals surface area contributed by atoms with Crippen LogP contribution in [0, 0.1) is 5.92 Å². The van der Waals surface area contributed by atoms with Gasteiger partial charge in [-0.15, -0.1) is 0 Å². The molecule has 2 amide bonds. The SMILES string of the molecule is CCCNC(=O)[C@H]1CN(C(=O)c2cccc(Cl)c2)C[C@H]1c1cc(OC)c(OC)c(OC)c1. The van der Waals surface area contributed by atoms with Crippen molar-refractivity contribution in [2.45, 2.75) is 19.3 Å². The summed E-state index contributed by atoms with van der Waals surface area (Å²) in [7, 11) is 4.65. The molecule has 3 rings (SSSR count). The maximum absolute atomic E-state index is 13.2. The number of carbonyl (C=O) groups is 2. The number of hydrogen-bond acceptors (Lipinski definition) is 5. The van der Waals surface area contributed by atoms with Gasteiger partial charge in [0.15, 0.2) is 11.5 Å². The van der Waals surface area contributed by atoms with Gasteiger partial charge in [0.1, 0.15) is 0 Å². The van der Waals surface area contributed by atoms with Crippen LogP contribution in [0.5, 0.6) is 17.2 Å². The van der Waals surface area contributed by atoms with E-state index >= 15 is 0 Å². The summed E-state index contributed by atoms with van der Waals surface area (Å²) in [6, 6.07) is 10.5. The largest absolute Gasteiger partial charge is 0.493 e. The lowest BCUT2D eigenvalue weighted by molar-refractivity contribution is -0.124. The molecule has 2 atom stereocenters. The quantitative estimate of drug-likeness (QED) is 0.649. The monoisotopic (exact) mass is 460 g/mol. The van der Waals surface area contributed by atoms with Crippen LogP contribution in [0.15, 0.2) is 36.4 Å². The summed E-state index contributed by atoms with van der Waals surface area (Å²) < 4.78 is 16.4. The van der Waals surface area contributed by atoms with E-state index in [1.807, 2.05) is 19.1 Å². The molecule has 0 spiro atoms. The second-order valence-electron chi connectivity index (χ2n) is 7.68. The summed E-state index contributed by atoms with van der Waals surface area (Å²) in [6.07, 6.45) is 0.832. The van der Waals surface area contributed by atoms with E-state index in [4.69, 9.17) is 25.8 Å². The van der Waals surface area contributed by atoms with Gasteiger partial charge in [0.05, 0.1) is 27.2 Å². The van der Waals surface area contributed by atoms with Crippen LogP contribution in [-0.2, 0) is 4.79 Å². The van der Waals surface area contributed by atoms with Crippen LogP contribution in [0.3, 0.4) is 0 Å². The third kappa shape index (κ3) is 4.93. The van der Waals surface area contributed by atoms with Crippen molar-refractivity contribution in [1.29, 1.82) is 0 Å². The van der Waals surface area contributed by atoms with Crippen LogP contribution in [-0.4, -0.2) is 57.7 Å². The predicted octanol–water partition coefficient (Wildman–Crippen LogP) is 3.75. The Balaban J connectivity index is 1.97. The lowest BCUT2D eigenvalue weighted by Gasteiger charge is -2.21. The Morgan fingerprint density at radius 3 is 2.31 bits per heavy atom. The predicted molar refractivity (Wildman–Crippen MR) is 123 cm³/mol. The molecule has 1 N–H and O–H groups in total. The zero-order chi connectivity index (χ0) is 23.3. The number of ether oxygens (including phenoxy) is 3. The van der Waals surface area contributed by atoms with Gasteiger partial charge in [0.25, 0.3) is 5.91 Å². The smallest absolute Gasteiger partial charge is 0.253 e. The molecule has 2 aromatic carbocycles. The molecule has 0 radical (unpaired) electrons. The van der Waals surface area contributed by atoms with Gasteiger partial charge >= 0.3 is 0 Å². The van der Waals surface area contributed by atoms with Crippen molar-refractivity contribution in [3.05, 3.63) is 52.5 Å². The van der Waals surface area contributed by atoms with E-state index in [1.165, 1.54) is 0 Å². The topological polar surface area (TPSA) is 77.1 Å². The molecule has 1 fully saturated rings. The molecule has 0 unspecified atom stereocenters. The Labute approximate surface area is 193 Å². The molecule has 1 aliphatic heterocycles. The molecular weight excluding hydrogens is 432 g/mol. The molecule has 8 heteroatoms. The first-order chi connectivity index (χ1) is 15.4. The van der Waals surface area contributed by atoms with Crippen molar-refractivity contribution in [3.8, 4) is 17.2 Å². The maximum Gasteiger partial charge on any atom is 0.253 e. The number of methoxy groups -OCH3 is 3. The number of benzene rings is 2. The summed E-state index contributed by atoms with van der Waals surface area (Å²) in [5.41, 5.74) is 1.34. The Kier molecular flexibility index (Phi) is 7.85. The van der Waals surface area contributed by atoms with Gasteiger partial charge in [-0.05, 0) is 42.3 Å². The van der Waals surface area contributed by atoms with Gasteiger partial charge < -0.3 is 24.4 Å². The first-order valence-electron chi connectivity index (χ1n) is 10.6. The second kappa shape index (κ2) is 10.6. The van der Waals surface area contributed by atoms with Gasteiger partial charge in [-0.2, -0.15) is 0 Å². The number of carbonyl (C=O) groups excluding carboxylic acids is 2. The zero-order valence-corrected chi connectivity index (χ0v) is 19.6. The minimum atomic E-state index is -0.410. The van der Waals surface area contributed by atoms with Gasteiger partial charge in [0.2, 0.25) is 11.7 Å². The first-order valence-corrected chi connectivity index (χ1v) is 10.9. The molecular formula is C24H29ClN2O5. The molecule has 1 aliphatic rings. The summed E-state index contributed by atoms with van der Waals surface area (Å²) >= 11 is 6.08. The van der Waals surface area contributed by atoms with Crippen LogP contribution in [0.1, 0.15) is 35.2 Å². The third-order valence-corrected chi connectivity index (χ3v) is 5.91. The summed E-state index contributed by atoms with van der Waals surface area (Å²) in [5.74, 6) is 0.623. The molecule has 1 heterocycles. The number of likely N-dealkylation sites (tertiary alicyclic amines) is 1. The van der Waals surface area contributed by atoms with Crippen LogP contribution in [0.4, 0.5) is 0 Å². The van der Waals surface area contributed by atoms with E-state index < -0.39 is 5.92 Å². The van der Waals surface area contributed by atoms with Crippen molar-refractivity contribution >= 4 is 23.4 Å². The minimum absolute atomic E-state index is 0.0769. The van der Waals surface area contributed by atoms with Crippen molar-refractivity contribution < 1.29 is 23.8 Å². The molecule has 2 aromatic rings. The average Bonchev–Trinajstić information content (AvgIpc) is 3.26. The van der Waals surface area contributed by atoms with Crippen molar-refractivity contribution in [1.82, 2.24) is 10.2 Å². The highest BCUT2D eigenvalue weighted by atomic mass is 35.5. The highest BCUT2D eigenvalue weighted by Crippen LogP contribution is 2.43. The van der Waals surface area contributed by atoms with Crippen LogP contribution in [0.2, 0.25) is 5.02 Å². The van der Waals surface area contributed by atoms with Crippen LogP contribution < -0.4 is 19.5 Å². The maximum atomic E-state index is 13.2. The number of amides is 2. The molecule has 7 nitrogen and oxygen atoms in total. The number of rotatable bonds is 8. The first kappa shape index (κ1) is 23.7. The summed E-state index contributed by atoms with van der Waals surface area (Å²) in [5, 5.41) is 3.47. The summed E-state index contributed by atoms with van der Waals surface area (Å²) in [6.45, 7) is 3.27. The van der Waals surface area contributed by atoms with E-state index in [1.54, 1.807) is 50.5 Å². The molecule has 0 saturated carbocycles. The fourth-order valence-corrected chi connectivity index (χ4v) is 4.26. The van der Waals surface area contributed by atoms with E-state index in [2.05, 4.69) is 5.32 Å². The molecule has 32 heavy (non-hydrogen) atoms. The van der Waals surface area contributed by atoms with Gasteiger partial charge in [0, 0.05) is 36.1 Å². The van der Waals surface area contributed by atoms with E-state index in [0.717, 1.165) is 12.0 Å². The lowest BCUT2D eigenvalue weighted by Crippen LogP contribution is -2.36. The average molecular weight is 461 g/mol. The van der Waals surface area contributed by atoms with E-state index in [9.17, 15) is 9.59 Å². The van der Waals surface area contributed by atoms with E-state index in [0.29, 0.717) is 47.5 Å². The Morgan fingerprint density at radius 1 is 1.06 bits per heavy atom.